The average Bonchev–Trinajstić information content (AvgIpc) is 2.89. The predicted molar refractivity (Wildman–Crippen MR) is 114 cm³/mol. The molecular formula is C21H34BNO5S. The summed E-state index contributed by atoms with van der Waals surface area (Å²) in [4.78, 5) is 0.318. The molecule has 0 unspecified atom stereocenters. The number of aliphatic hydroxyl groups is 1. The van der Waals surface area contributed by atoms with Gasteiger partial charge >= 0.3 is 7.12 Å². The lowest BCUT2D eigenvalue weighted by molar-refractivity contribution is -0.00407. The maximum atomic E-state index is 13.0. The number of nitrogens with zero attached hydrogens (tertiary/aromatic N) is 1. The minimum absolute atomic E-state index is 0.0910. The summed E-state index contributed by atoms with van der Waals surface area (Å²) in [5.41, 5.74) is -1.16. The van der Waals surface area contributed by atoms with Gasteiger partial charge in [0, 0.05) is 13.1 Å². The van der Waals surface area contributed by atoms with Crippen molar-refractivity contribution >= 4 is 17.1 Å². The van der Waals surface area contributed by atoms with Crippen LogP contribution >= 0.6 is 0 Å². The van der Waals surface area contributed by atoms with Gasteiger partial charge < -0.3 is 14.4 Å². The highest BCUT2D eigenvalue weighted by molar-refractivity contribution is 7.89. The lowest BCUT2D eigenvalue weighted by Crippen LogP contribution is -2.56. The van der Waals surface area contributed by atoms with Crippen LogP contribution in [-0.2, 0) is 19.3 Å². The summed E-state index contributed by atoms with van der Waals surface area (Å²) < 4.78 is 39.7. The van der Waals surface area contributed by atoms with Crippen LogP contribution in [0.25, 0.3) is 0 Å². The SMILES string of the molecule is CC[C@@](O)(B1OC(C)(C)C(C)(C)O1)C1CCN(S(=O)(=O)c2ccc(C)cc2)CC1. The van der Waals surface area contributed by atoms with Crippen molar-refractivity contribution < 1.29 is 22.8 Å². The van der Waals surface area contributed by atoms with Crippen molar-refractivity contribution in [3.63, 3.8) is 0 Å². The van der Waals surface area contributed by atoms with Gasteiger partial charge in [-0.05, 0) is 71.9 Å². The molecule has 0 aromatic heterocycles. The van der Waals surface area contributed by atoms with Gasteiger partial charge in [-0.1, -0.05) is 24.6 Å². The Morgan fingerprint density at radius 3 is 2.03 bits per heavy atom. The van der Waals surface area contributed by atoms with Crippen LogP contribution in [0.5, 0.6) is 0 Å². The van der Waals surface area contributed by atoms with Gasteiger partial charge in [0.15, 0.2) is 0 Å². The molecule has 2 heterocycles. The molecule has 6 nitrogen and oxygen atoms in total. The molecule has 8 heteroatoms. The molecule has 2 aliphatic rings. The van der Waals surface area contributed by atoms with E-state index in [4.69, 9.17) is 9.31 Å². The second kappa shape index (κ2) is 7.64. The maximum Gasteiger partial charge on any atom is 0.492 e. The molecule has 1 N–H and O–H groups in total. The van der Waals surface area contributed by atoms with Gasteiger partial charge in [-0.3, -0.25) is 0 Å². The predicted octanol–water partition coefficient (Wildman–Crippen LogP) is 3.17. The zero-order chi connectivity index (χ0) is 21.7. The smallest absolute Gasteiger partial charge is 0.401 e. The van der Waals surface area contributed by atoms with E-state index in [0.29, 0.717) is 37.2 Å². The van der Waals surface area contributed by atoms with E-state index < -0.39 is 33.8 Å². The van der Waals surface area contributed by atoms with E-state index in [9.17, 15) is 13.5 Å². The number of hydrogen-bond acceptors (Lipinski definition) is 5. The fourth-order valence-electron chi connectivity index (χ4n) is 4.15. The zero-order valence-electron chi connectivity index (χ0n) is 18.4. The first kappa shape index (κ1) is 22.8. The molecule has 2 fully saturated rings. The van der Waals surface area contributed by atoms with E-state index in [0.717, 1.165) is 5.56 Å². The van der Waals surface area contributed by atoms with Crippen molar-refractivity contribution in [2.24, 2.45) is 5.92 Å². The summed E-state index contributed by atoms with van der Waals surface area (Å²) in [5.74, 6) is -0.0910. The van der Waals surface area contributed by atoms with E-state index in [-0.39, 0.29) is 5.92 Å². The summed E-state index contributed by atoms with van der Waals surface area (Å²) in [6, 6.07) is 6.94. The molecule has 162 valence electrons. The molecule has 3 rings (SSSR count). The Labute approximate surface area is 175 Å². The highest BCUT2D eigenvalue weighted by Crippen LogP contribution is 2.44. The summed E-state index contributed by atoms with van der Waals surface area (Å²) in [6.07, 6.45) is 1.62. The second-order valence-electron chi connectivity index (χ2n) is 9.42. The third-order valence-corrected chi connectivity index (χ3v) is 8.96. The van der Waals surface area contributed by atoms with E-state index in [2.05, 4.69) is 0 Å². The molecule has 2 aliphatic heterocycles. The Hall–Kier alpha value is -0.925. The Morgan fingerprint density at radius 1 is 1.10 bits per heavy atom. The van der Waals surface area contributed by atoms with E-state index in [1.165, 1.54) is 4.31 Å². The second-order valence-corrected chi connectivity index (χ2v) is 11.4. The number of sulfonamides is 1. The van der Waals surface area contributed by atoms with Gasteiger partial charge in [-0.15, -0.1) is 0 Å². The summed E-state index contributed by atoms with van der Waals surface area (Å²) in [7, 11) is -4.24. The standard InChI is InChI=1S/C21H34BNO5S/c1-7-21(24,22-27-19(3,4)20(5,6)28-22)17-12-14-23(15-13-17)29(25,26)18-10-8-16(2)9-11-18/h8-11,17,24H,7,12-15H2,1-6H3/t21-/m0/s1. The van der Waals surface area contributed by atoms with Crippen molar-refractivity contribution in [2.45, 2.75) is 82.4 Å². The van der Waals surface area contributed by atoms with Crippen LogP contribution < -0.4 is 0 Å². The van der Waals surface area contributed by atoms with Crippen molar-refractivity contribution in [1.29, 1.82) is 0 Å². The zero-order valence-corrected chi connectivity index (χ0v) is 19.3. The van der Waals surface area contributed by atoms with Crippen LogP contribution in [0.4, 0.5) is 0 Å². The third-order valence-electron chi connectivity index (χ3n) is 7.05. The van der Waals surface area contributed by atoms with Crippen LogP contribution in [0.1, 0.15) is 59.4 Å². The van der Waals surface area contributed by atoms with Gasteiger partial charge in [-0.2, -0.15) is 4.31 Å². The number of hydrogen-bond donors (Lipinski definition) is 1. The maximum absolute atomic E-state index is 13.0. The molecule has 1 aromatic carbocycles. The molecule has 0 aliphatic carbocycles. The van der Waals surface area contributed by atoms with Crippen LogP contribution in [0.3, 0.4) is 0 Å². The average molecular weight is 423 g/mol. The van der Waals surface area contributed by atoms with Gasteiger partial charge in [0.1, 0.15) is 5.50 Å². The molecule has 0 bridgehead atoms. The Bertz CT molecular complexity index is 815. The van der Waals surface area contributed by atoms with Crippen LogP contribution in [0.2, 0.25) is 0 Å². The van der Waals surface area contributed by atoms with Gasteiger partial charge in [0.05, 0.1) is 16.1 Å². The van der Waals surface area contributed by atoms with E-state index in [1.54, 1.807) is 12.1 Å². The third kappa shape index (κ3) is 4.02. The van der Waals surface area contributed by atoms with Crippen molar-refractivity contribution in [1.82, 2.24) is 4.31 Å². The number of aryl methyl sites for hydroxylation is 1. The largest absolute Gasteiger partial charge is 0.492 e. The van der Waals surface area contributed by atoms with E-state index >= 15 is 0 Å². The topological polar surface area (TPSA) is 76.1 Å². The van der Waals surface area contributed by atoms with Crippen LogP contribution in [0.15, 0.2) is 29.2 Å². The first-order valence-corrected chi connectivity index (χ1v) is 11.9. The lowest BCUT2D eigenvalue weighted by atomic mass is 9.57. The molecule has 0 saturated carbocycles. The molecular weight excluding hydrogens is 389 g/mol. The minimum Gasteiger partial charge on any atom is -0.401 e. The quantitative estimate of drug-likeness (QED) is 0.737. The number of piperidine rings is 1. The minimum atomic E-state index is -3.52. The Balaban J connectivity index is 1.73. The summed E-state index contributed by atoms with van der Waals surface area (Å²) in [5, 5.41) is 11.5. The highest BCUT2D eigenvalue weighted by atomic mass is 32.2. The highest BCUT2D eigenvalue weighted by Gasteiger charge is 2.61. The van der Waals surface area contributed by atoms with Crippen LogP contribution in [0, 0.1) is 12.8 Å². The fraction of sp³-hybridized carbons (Fsp3) is 0.714. The molecule has 29 heavy (non-hydrogen) atoms. The first-order chi connectivity index (χ1) is 13.3. The van der Waals surface area contributed by atoms with Gasteiger partial charge in [0.2, 0.25) is 10.0 Å². The van der Waals surface area contributed by atoms with E-state index in [1.807, 2.05) is 53.7 Å². The Kier molecular flexibility index (Phi) is 6.00. The number of benzene rings is 1. The molecule has 2 saturated heterocycles. The normalized spacial score (nSPS) is 25.1. The Morgan fingerprint density at radius 2 is 1.59 bits per heavy atom. The fourth-order valence-corrected chi connectivity index (χ4v) is 5.62. The van der Waals surface area contributed by atoms with Crippen LogP contribution in [-0.4, -0.2) is 54.7 Å². The molecule has 1 atom stereocenters. The van der Waals surface area contributed by atoms with Gasteiger partial charge in [-0.25, -0.2) is 8.42 Å². The molecule has 0 amide bonds. The van der Waals surface area contributed by atoms with Crippen molar-refractivity contribution in [2.75, 3.05) is 13.1 Å². The summed E-state index contributed by atoms with van der Waals surface area (Å²) in [6.45, 7) is 12.5. The first-order valence-electron chi connectivity index (χ1n) is 10.5. The summed E-state index contributed by atoms with van der Waals surface area (Å²) >= 11 is 0. The molecule has 1 aromatic rings. The monoisotopic (exact) mass is 423 g/mol. The molecule has 0 radical (unpaired) electrons. The lowest BCUT2D eigenvalue weighted by Gasteiger charge is -2.41. The number of rotatable bonds is 5. The van der Waals surface area contributed by atoms with Crippen molar-refractivity contribution in [3.05, 3.63) is 29.8 Å². The van der Waals surface area contributed by atoms with Crippen molar-refractivity contribution in [3.8, 4) is 0 Å². The molecule has 0 spiro atoms. The van der Waals surface area contributed by atoms with Gasteiger partial charge in [0.25, 0.3) is 0 Å².